The molecule has 0 aliphatic rings. The van der Waals surface area contributed by atoms with Crippen LogP contribution in [0.1, 0.15) is 22.8 Å². The van der Waals surface area contributed by atoms with Crippen LogP contribution in [0.2, 0.25) is 0 Å². The number of hydrogen-bond donors (Lipinski definition) is 1. The maximum absolute atomic E-state index is 13.1. The lowest BCUT2D eigenvalue weighted by Crippen LogP contribution is -2.26. The van der Waals surface area contributed by atoms with Crippen molar-refractivity contribution in [3.8, 4) is 22.8 Å². The molecule has 0 spiro atoms. The predicted octanol–water partition coefficient (Wildman–Crippen LogP) is 4.11. The highest BCUT2D eigenvalue weighted by Gasteiger charge is 2.17. The third-order valence-electron chi connectivity index (χ3n) is 5.37. The van der Waals surface area contributed by atoms with Crippen molar-refractivity contribution in [3.63, 3.8) is 0 Å². The number of benzene rings is 2. The van der Waals surface area contributed by atoms with E-state index in [2.05, 4.69) is 10.4 Å². The van der Waals surface area contributed by atoms with E-state index in [1.54, 1.807) is 20.4 Å². The van der Waals surface area contributed by atoms with Gasteiger partial charge in [0.2, 0.25) is 0 Å². The number of rotatable bonds is 8. The maximum Gasteiger partial charge on any atom is 0.252 e. The summed E-state index contributed by atoms with van der Waals surface area (Å²) < 4.78 is 12.5. The van der Waals surface area contributed by atoms with Crippen LogP contribution in [0.25, 0.3) is 22.3 Å². The van der Waals surface area contributed by atoms with E-state index >= 15 is 0 Å². The van der Waals surface area contributed by atoms with E-state index in [0.717, 1.165) is 22.2 Å². The zero-order chi connectivity index (χ0) is 22.5. The number of aromatic nitrogens is 3. The number of pyridine rings is 1. The molecule has 2 aromatic carbocycles. The zero-order valence-corrected chi connectivity index (χ0v) is 18.5. The molecule has 0 fully saturated rings. The lowest BCUT2D eigenvalue weighted by atomic mass is 10.1. The van der Waals surface area contributed by atoms with E-state index in [1.165, 1.54) is 0 Å². The van der Waals surface area contributed by atoms with Gasteiger partial charge in [0, 0.05) is 18.7 Å². The largest absolute Gasteiger partial charge is 0.493 e. The number of methoxy groups -OCH3 is 2. The van der Waals surface area contributed by atoms with Crippen molar-refractivity contribution in [1.82, 2.24) is 20.1 Å². The van der Waals surface area contributed by atoms with Crippen LogP contribution in [0.4, 0.5) is 0 Å². The minimum Gasteiger partial charge on any atom is -0.493 e. The van der Waals surface area contributed by atoms with Gasteiger partial charge in [-0.2, -0.15) is 5.10 Å². The van der Waals surface area contributed by atoms with Gasteiger partial charge in [-0.05, 0) is 37.1 Å². The summed E-state index contributed by atoms with van der Waals surface area (Å²) in [6.45, 7) is 3.17. The molecule has 0 saturated heterocycles. The second-order valence-electron chi connectivity index (χ2n) is 7.31. The number of amides is 1. The van der Waals surface area contributed by atoms with Gasteiger partial charge in [0.1, 0.15) is 0 Å². The lowest BCUT2D eigenvalue weighted by molar-refractivity contribution is 0.0955. The first-order valence-electron chi connectivity index (χ1n) is 10.6. The molecule has 7 nitrogen and oxygen atoms in total. The van der Waals surface area contributed by atoms with Crippen LogP contribution >= 0.6 is 0 Å². The predicted molar refractivity (Wildman–Crippen MR) is 124 cm³/mol. The maximum atomic E-state index is 13.1. The second-order valence-corrected chi connectivity index (χ2v) is 7.31. The normalized spacial score (nSPS) is 10.8. The Kier molecular flexibility index (Phi) is 6.35. The zero-order valence-electron chi connectivity index (χ0n) is 18.5. The van der Waals surface area contributed by atoms with Crippen molar-refractivity contribution < 1.29 is 14.3 Å². The molecule has 7 heteroatoms. The number of nitrogens with one attached hydrogen (secondary N) is 1. The summed E-state index contributed by atoms with van der Waals surface area (Å²) >= 11 is 0. The van der Waals surface area contributed by atoms with Crippen molar-refractivity contribution in [2.45, 2.75) is 19.9 Å². The molecule has 0 aliphatic heterocycles. The number of fused-ring (bicyclic) bond motifs is 1. The van der Waals surface area contributed by atoms with Crippen molar-refractivity contribution in [3.05, 3.63) is 71.9 Å². The smallest absolute Gasteiger partial charge is 0.252 e. The van der Waals surface area contributed by atoms with Crippen molar-refractivity contribution in [2.24, 2.45) is 0 Å². The third-order valence-corrected chi connectivity index (χ3v) is 5.37. The quantitative estimate of drug-likeness (QED) is 0.455. The summed E-state index contributed by atoms with van der Waals surface area (Å²) in [5.74, 6) is 1.21. The molecule has 0 aliphatic carbocycles. The highest BCUT2D eigenvalue weighted by molar-refractivity contribution is 6.06. The molecule has 164 valence electrons. The van der Waals surface area contributed by atoms with Crippen LogP contribution in [-0.2, 0) is 13.0 Å². The molecule has 4 aromatic rings. The Morgan fingerprint density at radius 1 is 1.03 bits per heavy atom. The average Bonchev–Trinajstić information content (AvgIpc) is 3.26. The van der Waals surface area contributed by atoms with Crippen molar-refractivity contribution in [2.75, 3.05) is 20.8 Å². The van der Waals surface area contributed by atoms with Crippen molar-refractivity contribution >= 4 is 16.9 Å². The molecule has 1 amide bonds. The van der Waals surface area contributed by atoms with E-state index in [4.69, 9.17) is 14.5 Å². The summed E-state index contributed by atoms with van der Waals surface area (Å²) in [5.41, 5.74) is 4.03. The van der Waals surface area contributed by atoms with E-state index in [-0.39, 0.29) is 5.91 Å². The third kappa shape index (κ3) is 4.27. The Bertz CT molecular complexity index is 1230. The number of carbonyl (C=O) groups excluding carboxylic acids is 1. The van der Waals surface area contributed by atoms with Crippen molar-refractivity contribution in [1.29, 1.82) is 0 Å². The summed E-state index contributed by atoms with van der Waals surface area (Å²) in [7, 11) is 3.22. The topological polar surface area (TPSA) is 78.3 Å². The first kappa shape index (κ1) is 21.4. The minimum absolute atomic E-state index is 0.147. The second kappa shape index (κ2) is 9.51. The Labute approximate surface area is 187 Å². The summed E-state index contributed by atoms with van der Waals surface area (Å²) in [5, 5.41) is 8.18. The molecule has 0 unspecified atom stereocenters. The first-order valence-corrected chi connectivity index (χ1v) is 10.6. The monoisotopic (exact) mass is 430 g/mol. The highest BCUT2D eigenvalue weighted by Crippen LogP contribution is 2.28. The Hall–Kier alpha value is -3.87. The number of carbonyl (C=O) groups is 1. The average molecular weight is 431 g/mol. The van der Waals surface area contributed by atoms with Gasteiger partial charge in [-0.1, -0.05) is 36.4 Å². The van der Waals surface area contributed by atoms with Crippen LogP contribution in [0.15, 0.2) is 60.8 Å². The standard InChI is InChI=1S/C25H26N4O3/c1-4-29-24-20(16-27-29)19(15-21(28-24)18-8-6-5-7-9-18)25(30)26-13-12-17-10-11-22(31-2)23(14-17)32-3/h5-11,14-16H,4,12-13H2,1-3H3,(H,26,30). The Morgan fingerprint density at radius 3 is 2.53 bits per heavy atom. The van der Waals surface area contributed by atoms with Gasteiger partial charge < -0.3 is 14.8 Å². The SMILES string of the molecule is CCn1ncc2c(C(=O)NCCc3ccc(OC)c(OC)c3)cc(-c3ccccc3)nc21. The fourth-order valence-corrected chi connectivity index (χ4v) is 3.68. The molecular formula is C25H26N4O3. The molecule has 2 aromatic heterocycles. The van der Waals surface area contributed by atoms with E-state index < -0.39 is 0 Å². The molecule has 0 atom stereocenters. The fraction of sp³-hybridized carbons (Fsp3) is 0.240. The van der Waals surface area contributed by atoms with Gasteiger partial charge in [-0.25, -0.2) is 9.67 Å². The minimum atomic E-state index is -0.147. The van der Waals surface area contributed by atoms with Gasteiger partial charge in [-0.3, -0.25) is 4.79 Å². The van der Waals surface area contributed by atoms with E-state index in [0.29, 0.717) is 42.2 Å². The Morgan fingerprint density at radius 2 is 1.81 bits per heavy atom. The first-order chi connectivity index (χ1) is 15.6. The molecular weight excluding hydrogens is 404 g/mol. The van der Waals surface area contributed by atoms with Crippen LogP contribution in [0.5, 0.6) is 11.5 Å². The molecule has 4 rings (SSSR count). The number of hydrogen-bond acceptors (Lipinski definition) is 5. The Balaban J connectivity index is 1.57. The van der Waals surface area contributed by atoms with Gasteiger partial charge in [0.25, 0.3) is 5.91 Å². The number of nitrogens with zero attached hydrogens (tertiary/aromatic N) is 3. The molecule has 32 heavy (non-hydrogen) atoms. The van der Waals surface area contributed by atoms with E-state index in [9.17, 15) is 4.79 Å². The lowest BCUT2D eigenvalue weighted by Gasteiger charge is -2.11. The van der Waals surface area contributed by atoms with Crippen LogP contribution < -0.4 is 14.8 Å². The fourth-order valence-electron chi connectivity index (χ4n) is 3.68. The van der Waals surface area contributed by atoms with Gasteiger partial charge >= 0.3 is 0 Å². The van der Waals surface area contributed by atoms with Crippen LogP contribution in [0, 0.1) is 0 Å². The summed E-state index contributed by atoms with van der Waals surface area (Å²) in [6.07, 6.45) is 2.38. The highest BCUT2D eigenvalue weighted by atomic mass is 16.5. The summed E-state index contributed by atoms with van der Waals surface area (Å²) in [4.78, 5) is 17.9. The number of aryl methyl sites for hydroxylation is 1. The van der Waals surface area contributed by atoms with Gasteiger partial charge in [0.05, 0.1) is 37.1 Å². The molecule has 0 saturated carbocycles. The van der Waals surface area contributed by atoms with Crippen LogP contribution in [-0.4, -0.2) is 41.4 Å². The molecule has 2 heterocycles. The van der Waals surface area contributed by atoms with Gasteiger partial charge in [0.15, 0.2) is 17.1 Å². The molecule has 0 bridgehead atoms. The summed E-state index contributed by atoms with van der Waals surface area (Å²) in [6, 6.07) is 17.5. The molecule has 0 radical (unpaired) electrons. The van der Waals surface area contributed by atoms with E-state index in [1.807, 2.05) is 66.2 Å². The number of ether oxygens (including phenoxy) is 2. The van der Waals surface area contributed by atoms with Crippen LogP contribution in [0.3, 0.4) is 0 Å². The molecule has 1 N–H and O–H groups in total. The van der Waals surface area contributed by atoms with Gasteiger partial charge in [-0.15, -0.1) is 0 Å².